The third-order valence-electron chi connectivity index (χ3n) is 2.05. The molecule has 68 valence electrons. The van der Waals surface area contributed by atoms with Crippen molar-refractivity contribution < 1.29 is 5.11 Å². The Labute approximate surface area is 81.2 Å². The number of benzene rings is 1. The van der Waals surface area contributed by atoms with Gasteiger partial charge in [-0.15, -0.1) is 0 Å². The zero-order valence-electron chi connectivity index (χ0n) is 7.38. The quantitative estimate of drug-likeness (QED) is 0.687. The summed E-state index contributed by atoms with van der Waals surface area (Å²) in [7, 11) is 0. The zero-order valence-corrected chi connectivity index (χ0v) is 7.38. The summed E-state index contributed by atoms with van der Waals surface area (Å²) in [5, 5.41) is 18.8. The number of aliphatic hydroxyl groups is 1. The van der Waals surface area contributed by atoms with Gasteiger partial charge in [-0.2, -0.15) is 5.26 Å². The van der Waals surface area contributed by atoms with Crippen molar-refractivity contribution in [1.82, 2.24) is 4.98 Å². The topological polar surface area (TPSA) is 56.9 Å². The molecule has 2 rings (SSSR count). The minimum absolute atomic E-state index is 0.534. The monoisotopic (exact) mass is 184 g/mol. The van der Waals surface area contributed by atoms with Crippen LogP contribution in [0.25, 0.3) is 10.9 Å². The molecule has 3 nitrogen and oxygen atoms in total. The molecule has 2 aromatic rings. The molecular formula is C11H8N2O. The summed E-state index contributed by atoms with van der Waals surface area (Å²) in [5.41, 5.74) is 1.40. The van der Waals surface area contributed by atoms with E-state index in [2.05, 4.69) is 4.98 Å². The Morgan fingerprint density at radius 1 is 1.36 bits per heavy atom. The highest BCUT2D eigenvalue weighted by atomic mass is 16.3. The van der Waals surface area contributed by atoms with Gasteiger partial charge in [-0.1, -0.05) is 18.2 Å². The van der Waals surface area contributed by atoms with E-state index in [1.54, 1.807) is 12.1 Å². The number of nitrogens with zero attached hydrogens (tertiary/aromatic N) is 2. The molecule has 1 unspecified atom stereocenters. The lowest BCUT2D eigenvalue weighted by atomic mass is 10.1. The molecule has 0 radical (unpaired) electrons. The Bertz CT molecular complexity index is 502. The maximum absolute atomic E-state index is 9.29. The number of nitriles is 1. The lowest BCUT2D eigenvalue weighted by Crippen LogP contribution is -1.94. The van der Waals surface area contributed by atoms with Crippen LogP contribution in [0.15, 0.2) is 36.5 Å². The van der Waals surface area contributed by atoms with E-state index in [9.17, 15) is 5.11 Å². The van der Waals surface area contributed by atoms with Crippen molar-refractivity contribution in [1.29, 1.82) is 5.26 Å². The lowest BCUT2D eigenvalue weighted by molar-refractivity contribution is 0.235. The van der Waals surface area contributed by atoms with E-state index in [-0.39, 0.29) is 0 Å². The van der Waals surface area contributed by atoms with Crippen molar-refractivity contribution in [3.8, 4) is 6.07 Å². The molecule has 14 heavy (non-hydrogen) atoms. The van der Waals surface area contributed by atoms with E-state index in [1.165, 1.54) is 6.20 Å². The summed E-state index contributed by atoms with van der Waals surface area (Å²) < 4.78 is 0. The van der Waals surface area contributed by atoms with Crippen LogP contribution >= 0.6 is 0 Å². The number of pyridine rings is 1. The van der Waals surface area contributed by atoms with Crippen LogP contribution < -0.4 is 0 Å². The number of hydrogen-bond donors (Lipinski definition) is 1. The van der Waals surface area contributed by atoms with Gasteiger partial charge in [0.25, 0.3) is 0 Å². The molecular weight excluding hydrogens is 176 g/mol. The standard InChI is InChI=1S/C11H8N2O/c12-6-11(14)9-5-8-3-1-2-4-10(8)13-7-9/h1-5,7,11,14H. The van der Waals surface area contributed by atoms with Gasteiger partial charge in [0.05, 0.1) is 11.6 Å². The van der Waals surface area contributed by atoms with Crippen LogP contribution in [0.4, 0.5) is 0 Å². The Morgan fingerprint density at radius 2 is 2.14 bits per heavy atom. The molecule has 0 bridgehead atoms. The number of aromatic nitrogens is 1. The maximum Gasteiger partial charge on any atom is 0.167 e. The van der Waals surface area contributed by atoms with E-state index in [0.29, 0.717) is 5.56 Å². The smallest absolute Gasteiger partial charge is 0.167 e. The Hall–Kier alpha value is -1.92. The molecule has 1 aromatic heterocycles. The number of fused-ring (bicyclic) bond motifs is 1. The molecule has 0 saturated heterocycles. The first-order chi connectivity index (χ1) is 6.81. The first-order valence-corrected chi connectivity index (χ1v) is 4.23. The Morgan fingerprint density at radius 3 is 2.93 bits per heavy atom. The lowest BCUT2D eigenvalue weighted by Gasteiger charge is -2.02. The Kier molecular flexibility index (Phi) is 2.13. The zero-order chi connectivity index (χ0) is 9.97. The van der Waals surface area contributed by atoms with Gasteiger partial charge in [0.1, 0.15) is 0 Å². The van der Waals surface area contributed by atoms with Crippen molar-refractivity contribution in [2.75, 3.05) is 0 Å². The summed E-state index contributed by atoms with van der Waals surface area (Å²) in [4.78, 5) is 4.14. The van der Waals surface area contributed by atoms with Crippen LogP contribution in [0.3, 0.4) is 0 Å². The number of hydrogen-bond acceptors (Lipinski definition) is 3. The van der Waals surface area contributed by atoms with Crippen LogP contribution in [0.2, 0.25) is 0 Å². The average molecular weight is 184 g/mol. The van der Waals surface area contributed by atoms with Crippen molar-refractivity contribution in [2.45, 2.75) is 6.10 Å². The summed E-state index contributed by atoms with van der Waals surface area (Å²) >= 11 is 0. The molecule has 0 spiro atoms. The molecule has 1 aromatic carbocycles. The van der Waals surface area contributed by atoms with E-state index >= 15 is 0 Å². The van der Waals surface area contributed by atoms with Crippen molar-refractivity contribution in [3.63, 3.8) is 0 Å². The predicted molar refractivity (Wildman–Crippen MR) is 52.3 cm³/mol. The maximum atomic E-state index is 9.29. The van der Waals surface area contributed by atoms with Crippen LogP contribution in [-0.2, 0) is 0 Å². The minimum atomic E-state index is -1.09. The Balaban J connectivity index is 2.58. The summed E-state index contributed by atoms with van der Waals surface area (Å²) in [6.07, 6.45) is 0.433. The van der Waals surface area contributed by atoms with E-state index in [1.807, 2.05) is 24.3 Å². The van der Waals surface area contributed by atoms with Gasteiger partial charge in [0, 0.05) is 17.1 Å². The molecule has 1 atom stereocenters. The molecule has 1 N–H and O–H groups in total. The molecule has 3 heteroatoms. The minimum Gasteiger partial charge on any atom is -0.374 e. The first-order valence-electron chi connectivity index (χ1n) is 4.23. The fraction of sp³-hybridized carbons (Fsp3) is 0.0909. The summed E-state index contributed by atoms with van der Waals surface area (Å²) in [6.45, 7) is 0. The van der Waals surface area contributed by atoms with Gasteiger partial charge in [-0.05, 0) is 12.1 Å². The predicted octanol–water partition coefficient (Wildman–Crippen LogP) is 1.79. The van der Waals surface area contributed by atoms with E-state index in [4.69, 9.17) is 5.26 Å². The number of rotatable bonds is 1. The molecule has 1 heterocycles. The largest absolute Gasteiger partial charge is 0.374 e. The third kappa shape index (κ3) is 1.43. The summed E-state index contributed by atoms with van der Waals surface area (Å²) in [5.74, 6) is 0. The van der Waals surface area contributed by atoms with Crippen molar-refractivity contribution in [2.24, 2.45) is 0 Å². The third-order valence-corrected chi connectivity index (χ3v) is 2.05. The molecule has 0 aliphatic carbocycles. The van der Waals surface area contributed by atoms with Gasteiger partial charge in [-0.25, -0.2) is 0 Å². The molecule has 0 amide bonds. The average Bonchev–Trinajstić information content (AvgIpc) is 2.27. The van der Waals surface area contributed by atoms with Crippen LogP contribution in [0.5, 0.6) is 0 Å². The molecule has 0 saturated carbocycles. The van der Waals surface area contributed by atoms with Crippen molar-refractivity contribution >= 4 is 10.9 Å². The highest BCUT2D eigenvalue weighted by Gasteiger charge is 2.06. The first kappa shape index (κ1) is 8.67. The SMILES string of the molecule is N#CC(O)c1cnc2ccccc2c1. The second kappa shape index (κ2) is 3.44. The summed E-state index contributed by atoms with van der Waals surface area (Å²) in [6, 6.07) is 11.1. The van der Waals surface area contributed by atoms with Crippen molar-refractivity contribution in [3.05, 3.63) is 42.1 Å². The second-order valence-electron chi connectivity index (χ2n) is 2.99. The van der Waals surface area contributed by atoms with Crippen LogP contribution in [-0.4, -0.2) is 10.1 Å². The van der Waals surface area contributed by atoms with Crippen LogP contribution in [0.1, 0.15) is 11.7 Å². The van der Waals surface area contributed by atoms with Gasteiger partial charge in [-0.3, -0.25) is 4.98 Å². The van der Waals surface area contributed by atoms with Gasteiger partial charge in [0.15, 0.2) is 6.10 Å². The number of para-hydroxylation sites is 1. The normalized spacial score (nSPS) is 12.3. The van der Waals surface area contributed by atoms with E-state index in [0.717, 1.165) is 10.9 Å². The fourth-order valence-electron chi connectivity index (χ4n) is 1.31. The fourth-order valence-corrected chi connectivity index (χ4v) is 1.31. The molecule has 0 aliphatic heterocycles. The van der Waals surface area contributed by atoms with Gasteiger partial charge >= 0.3 is 0 Å². The van der Waals surface area contributed by atoms with Gasteiger partial charge in [0.2, 0.25) is 0 Å². The second-order valence-corrected chi connectivity index (χ2v) is 2.99. The highest BCUT2D eigenvalue weighted by Crippen LogP contribution is 2.17. The highest BCUT2D eigenvalue weighted by molar-refractivity contribution is 5.78. The van der Waals surface area contributed by atoms with Crippen LogP contribution in [0, 0.1) is 11.3 Å². The molecule has 0 fully saturated rings. The number of aliphatic hydroxyl groups excluding tert-OH is 1. The van der Waals surface area contributed by atoms with Gasteiger partial charge < -0.3 is 5.11 Å². The van der Waals surface area contributed by atoms with E-state index < -0.39 is 6.10 Å². The molecule has 0 aliphatic rings.